The van der Waals surface area contributed by atoms with Crippen LogP contribution in [0.3, 0.4) is 0 Å². The summed E-state index contributed by atoms with van der Waals surface area (Å²) in [6.07, 6.45) is 0. The fraction of sp³-hybridized carbons (Fsp3) is 0.167. The first-order chi connectivity index (χ1) is 19.9. The second-order valence-corrected chi connectivity index (χ2v) is 9.95. The van der Waals surface area contributed by atoms with E-state index in [1.165, 1.54) is 12.1 Å². The number of aliphatic hydroxyl groups is 1. The Morgan fingerprint density at radius 2 is 1.71 bits per heavy atom. The van der Waals surface area contributed by atoms with Gasteiger partial charge in [-0.3, -0.25) is 10.1 Å². The summed E-state index contributed by atoms with van der Waals surface area (Å²) in [5, 5.41) is 29.0. The molecule has 4 aromatic carbocycles. The van der Waals surface area contributed by atoms with Crippen LogP contribution >= 0.6 is 15.9 Å². The molecule has 9 nitrogen and oxygen atoms in total. The summed E-state index contributed by atoms with van der Waals surface area (Å²) in [5.74, 6) is -1.62. The number of aromatic nitrogens is 2. The first-order valence-corrected chi connectivity index (χ1v) is 13.4. The molecule has 0 amide bonds. The lowest BCUT2D eigenvalue weighted by molar-refractivity contribution is -0.140. The maximum atomic E-state index is 15.2. The van der Waals surface area contributed by atoms with E-state index in [0.717, 1.165) is 26.7 Å². The quantitative estimate of drug-likeness (QED) is 0.166. The summed E-state index contributed by atoms with van der Waals surface area (Å²) in [6.45, 7) is -0.511. The fourth-order valence-corrected chi connectivity index (χ4v) is 4.80. The van der Waals surface area contributed by atoms with Crippen molar-refractivity contribution < 1.29 is 33.5 Å². The van der Waals surface area contributed by atoms with Gasteiger partial charge in [0.05, 0.1) is 6.61 Å². The maximum Gasteiger partial charge on any atom is 0.323 e. The van der Waals surface area contributed by atoms with Crippen molar-refractivity contribution in [3.05, 3.63) is 106 Å². The van der Waals surface area contributed by atoms with Gasteiger partial charge in [0.25, 0.3) is 0 Å². The molecule has 0 aliphatic heterocycles. The third-order valence-corrected chi connectivity index (χ3v) is 7.33. The SMILES string of the molecule is O=C(O)[C@@H](CO)NCc1cc(F)c(OCc2cccc(-c3ccccc3)c2Br)cc1OCc1ccc2nonc2c1. The Morgan fingerprint density at radius 1 is 0.927 bits per heavy atom. The molecule has 0 saturated carbocycles. The molecule has 0 saturated heterocycles. The molecule has 11 heteroatoms. The lowest BCUT2D eigenvalue weighted by atomic mass is 10.0. The van der Waals surface area contributed by atoms with Crippen LogP contribution in [0, 0.1) is 5.82 Å². The number of ether oxygens (including phenoxy) is 2. The first-order valence-electron chi connectivity index (χ1n) is 12.6. The summed E-state index contributed by atoms with van der Waals surface area (Å²) in [6, 6.07) is 22.4. The highest BCUT2D eigenvalue weighted by molar-refractivity contribution is 9.10. The summed E-state index contributed by atoms with van der Waals surface area (Å²) in [4.78, 5) is 11.3. The maximum absolute atomic E-state index is 15.2. The van der Waals surface area contributed by atoms with Crippen LogP contribution in [0.15, 0.2) is 88.0 Å². The second-order valence-electron chi connectivity index (χ2n) is 9.15. The Bertz CT molecular complexity index is 1660. The zero-order valence-electron chi connectivity index (χ0n) is 21.6. The second kappa shape index (κ2) is 12.9. The third-order valence-electron chi connectivity index (χ3n) is 6.39. The number of rotatable bonds is 12. The van der Waals surface area contributed by atoms with Gasteiger partial charge in [0.1, 0.15) is 36.0 Å². The molecule has 1 aromatic heterocycles. The molecule has 0 fully saturated rings. The Balaban J connectivity index is 1.38. The van der Waals surface area contributed by atoms with Crippen LogP contribution in [0.2, 0.25) is 0 Å². The number of hydrogen-bond donors (Lipinski definition) is 3. The molecule has 1 heterocycles. The highest BCUT2D eigenvalue weighted by Crippen LogP contribution is 2.34. The van der Waals surface area contributed by atoms with Crippen LogP contribution in [0.25, 0.3) is 22.2 Å². The smallest absolute Gasteiger partial charge is 0.323 e. The molecule has 0 aliphatic carbocycles. The predicted octanol–water partition coefficient (Wildman–Crippen LogP) is 5.48. The number of nitrogens with zero attached hydrogens (tertiary/aromatic N) is 2. The molecule has 0 bridgehead atoms. The number of halogens is 2. The van der Waals surface area contributed by atoms with Crippen molar-refractivity contribution in [2.75, 3.05) is 6.61 Å². The minimum Gasteiger partial charge on any atom is -0.488 e. The van der Waals surface area contributed by atoms with Crippen LogP contribution in [0.4, 0.5) is 4.39 Å². The topological polar surface area (TPSA) is 127 Å². The predicted molar refractivity (Wildman–Crippen MR) is 152 cm³/mol. The zero-order valence-corrected chi connectivity index (χ0v) is 23.2. The lowest BCUT2D eigenvalue weighted by Crippen LogP contribution is -2.39. The van der Waals surface area contributed by atoms with Crippen LogP contribution in [0.5, 0.6) is 11.5 Å². The largest absolute Gasteiger partial charge is 0.488 e. The summed E-state index contributed by atoms with van der Waals surface area (Å²) in [7, 11) is 0. The van der Waals surface area contributed by atoms with Crippen molar-refractivity contribution in [1.82, 2.24) is 15.6 Å². The van der Waals surface area contributed by atoms with Gasteiger partial charge >= 0.3 is 5.97 Å². The molecule has 3 N–H and O–H groups in total. The third kappa shape index (κ3) is 6.71. The van der Waals surface area contributed by atoms with E-state index in [1.807, 2.05) is 48.5 Å². The van der Waals surface area contributed by atoms with Crippen LogP contribution < -0.4 is 14.8 Å². The van der Waals surface area contributed by atoms with Gasteiger partial charge in [0.15, 0.2) is 11.6 Å². The number of fused-ring (bicyclic) bond motifs is 1. The van der Waals surface area contributed by atoms with Crippen LogP contribution in [-0.2, 0) is 24.6 Å². The first kappa shape index (κ1) is 28.2. The number of benzene rings is 4. The van der Waals surface area contributed by atoms with Gasteiger partial charge in [0, 0.05) is 28.2 Å². The highest BCUT2D eigenvalue weighted by Gasteiger charge is 2.19. The molecule has 0 spiro atoms. The van der Waals surface area contributed by atoms with Gasteiger partial charge in [-0.1, -0.05) is 54.6 Å². The van der Waals surface area contributed by atoms with Gasteiger partial charge < -0.3 is 19.7 Å². The highest BCUT2D eigenvalue weighted by atomic mass is 79.9. The molecule has 1 atom stereocenters. The van der Waals surface area contributed by atoms with Gasteiger partial charge in [-0.2, -0.15) is 0 Å². The average Bonchev–Trinajstić information content (AvgIpc) is 3.45. The van der Waals surface area contributed by atoms with Crippen molar-refractivity contribution in [2.24, 2.45) is 0 Å². The van der Waals surface area contributed by atoms with E-state index >= 15 is 4.39 Å². The fourth-order valence-electron chi connectivity index (χ4n) is 4.19. The van der Waals surface area contributed by atoms with Crippen molar-refractivity contribution in [3.8, 4) is 22.6 Å². The van der Waals surface area contributed by atoms with E-state index in [4.69, 9.17) is 14.1 Å². The van der Waals surface area contributed by atoms with Crippen molar-refractivity contribution in [2.45, 2.75) is 25.8 Å². The molecular formula is C30H25BrFN3O6. The van der Waals surface area contributed by atoms with E-state index in [9.17, 15) is 15.0 Å². The minimum atomic E-state index is -1.23. The Morgan fingerprint density at radius 3 is 2.49 bits per heavy atom. The number of aliphatic carboxylic acids is 1. The number of hydrogen-bond acceptors (Lipinski definition) is 8. The van der Waals surface area contributed by atoms with Crippen LogP contribution in [0.1, 0.15) is 16.7 Å². The molecule has 0 radical (unpaired) electrons. The zero-order chi connectivity index (χ0) is 28.8. The number of carbonyl (C=O) groups is 1. The van der Waals surface area contributed by atoms with Gasteiger partial charge in [-0.25, -0.2) is 9.02 Å². The number of carboxylic acid groups (broad SMARTS) is 1. The van der Waals surface area contributed by atoms with Crippen molar-refractivity contribution in [1.29, 1.82) is 0 Å². The molecule has 41 heavy (non-hydrogen) atoms. The van der Waals surface area contributed by atoms with Gasteiger partial charge in [-0.15, -0.1) is 0 Å². The molecule has 5 aromatic rings. The Kier molecular flexibility index (Phi) is 8.88. The molecule has 210 valence electrons. The molecule has 0 aliphatic rings. The van der Waals surface area contributed by atoms with E-state index in [2.05, 4.69) is 31.6 Å². The van der Waals surface area contributed by atoms with Crippen molar-refractivity contribution in [3.63, 3.8) is 0 Å². The number of carboxylic acids is 1. The monoisotopic (exact) mass is 621 g/mol. The summed E-state index contributed by atoms with van der Waals surface area (Å²) in [5.41, 5.74) is 5.11. The number of aliphatic hydroxyl groups excluding tert-OH is 1. The number of nitrogens with one attached hydrogen (secondary N) is 1. The summed E-state index contributed by atoms with van der Waals surface area (Å²) < 4.78 is 32.8. The van der Waals surface area contributed by atoms with Gasteiger partial charge in [0.2, 0.25) is 0 Å². The van der Waals surface area contributed by atoms with Crippen LogP contribution in [-0.4, -0.2) is 39.1 Å². The molecule has 0 unspecified atom stereocenters. The normalized spacial score (nSPS) is 11.9. The van der Waals surface area contributed by atoms with E-state index in [0.29, 0.717) is 16.6 Å². The standard InChI is InChI=1S/C30H25BrFN3O6/c31-29-20(7-4-8-22(29)19-5-2-1-3-6-19)17-40-28-13-27(21(12-23(28)32)14-33-26(15-36)30(37)38)39-16-18-9-10-24-25(11-18)35-41-34-24/h1-13,26,33,36H,14-17H2,(H,37,38)/t26-/m1/s1. The lowest BCUT2D eigenvalue weighted by Gasteiger charge is -2.18. The Labute approximate surface area is 242 Å². The van der Waals surface area contributed by atoms with E-state index in [1.54, 1.807) is 18.2 Å². The molecular weight excluding hydrogens is 597 g/mol. The molecule has 5 rings (SSSR count). The minimum absolute atomic E-state index is 0.0335. The van der Waals surface area contributed by atoms with Gasteiger partial charge in [-0.05, 0) is 61.1 Å². The summed E-state index contributed by atoms with van der Waals surface area (Å²) >= 11 is 3.66. The van der Waals surface area contributed by atoms with E-state index < -0.39 is 24.4 Å². The Hall–Kier alpha value is -4.32. The average molecular weight is 622 g/mol. The van der Waals surface area contributed by atoms with Crippen molar-refractivity contribution >= 4 is 32.9 Å². The van der Waals surface area contributed by atoms with E-state index in [-0.39, 0.29) is 31.3 Å².